The van der Waals surface area contributed by atoms with Crippen molar-refractivity contribution in [3.63, 3.8) is 0 Å². The SMILES string of the molecule is O=C(Nc1cccc(C(F)(F)F)c1)c1ccc(N2CCNC2=O)cc1. The Bertz CT molecular complexity index is 804. The fraction of sp³-hybridized carbons (Fsp3) is 0.176. The molecule has 2 aromatic carbocycles. The zero-order valence-electron chi connectivity index (χ0n) is 12.9. The van der Waals surface area contributed by atoms with Gasteiger partial charge in [0.05, 0.1) is 5.56 Å². The van der Waals surface area contributed by atoms with Crippen LogP contribution < -0.4 is 15.5 Å². The van der Waals surface area contributed by atoms with Crippen LogP contribution >= 0.6 is 0 Å². The molecule has 0 radical (unpaired) electrons. The van der Waals surface area contributed by atoms with E-state index in [-0.39, 0.29) is 17.3 Å². The van der Waals surface area contributed by atoms with E-state index in [4.69, 9.17) is 0 Å². The molecule has 1 fully saturated rings. The van der Waals surface area contributed by atoms with Crippen LogP contribution in [0.25, 0.3) is 0 Å². The zero-order chi connectivity index (χ0) is 18.0. The van der Waals surface area contributed by atoms with Crippen molar-refractivity contribution in [3.8, 4) is 0 Å². The summed E-state index contributed by atoms with van der Waals surface area (Å²) in [5, 5.41) is 5.11. The molecule has 0 bridgehead atoms. The highest BCUT2D eigenvalue weighted by molar-refractivity contribution is 6.04. The van der Waals surface area contributed by atoms with Gasteiger partial charge in [0.25, 0.3) is 5.91 Å². The Balaban J connectivity index is 1.72. The fourth-order valence-corrected chi connectivity index (χ4v) is 2.49. The number of alkyl halides is 3. The molecule has 2 N–H and O–H groups in total. The molecule has 1 saturated heterocycles. The quantitative estimate of drug-likeness (QED) is 0.891. The number of nitrogens with one attached hydrogen (secondary N) is 2. The van der Waals surface area contributed by atoms with Gasteiger partial charge in [-0.1, -0.05) is 6.07 Å². The highest BCUT2D eigenvalue weighted by atomic mass is 19.4. The summed E-state index contributed by atoms with van der Waals surface area (Å²) in [6, 6.07) is 10.5. The van der Waals surface area contributed by atoms with Crippen LogP contribution in [-0.2, 0) is 6.18 Å². The Morgan fingerprint density at radius 3 is 2.44 bits per heavy atom. The number of benzene rings is 2. The number of carbonyl (C=O) groups is 2. The molecule has 5 nitrogen and oxygen atoms in total. The molecule has 0 atom stereocenters. The first kappa shape index (κ1) is 16.8. The van der Waals surface area contributed by atoms with Crippen molar-refractivity contribution in [2.45, 2.75) is 6.18 Å². The minimum absolute atomic E-state index is 0.0582. The number of amides is 3. The second-order valence-corrected chi connectivity index (χ2v) is 5.46. The van der Waals surface area contributed by atoms with E-state index >= 15 is 0 Å². The van der Waals surface area contributed by atoms with E-state index in [1.54, 1.807) is 12.1 Å². The molecule has 130 valence electrons. The first-order chi connectivity index (χ1) is 11.8. The van der Waals surface area contributed by atoms with E-state index in [9.17, 15) is 22.8 Å². The first-order valence-corrected chi connectivity index (χ1v) is 7.48. The maximum absolute atomic E-state index is 12.7. The largest absolute Gasteiger partial charge is 0.416 e. The van der Waals surface area contributed by atoms with Gasteiger partial charge in [-0.2, -0.15) is 13.2 Å². The van der Waals surface area contributed by atoms with Crippen LogP contribution in [0.5, 0.6) is 0 Å². The smallest absolute Gasteiger partial charge is 0.336 e. The van der Waals surface area contributed by atoms with Gasteiger partial charge in [-0.05, 0) is 42.5 Å². The minimum atomic E-state index is -4.47. The molecule has 0 aromatic heterocycles. The second-order valence-electron chi connectivity index (χ2n) is 5.46. The summed E-state index contributed by atoms with van der Waals surface area (Å²) in [6.07, 6.45) is -4.47. The number of nitrogens with zero attached hydrogens (tertiary/aromatic N) is 1. The third-order valence-electron chi connectivity index (χ3n) is 3.75. The van der Waals surface area contributed by atoms with E-state index in [2.05, 4.69) is 10.6 Å². The average molecular weight is 349 g/mol. The lowest BCUT2D eigenvalue weighted by atomic mass is 10.1. The third-order valence-corrected chi connectivity index (χ3v) is 3.75. The second kappa shape index (κ2) is 6.46. The number of hydrogen-bond acceptors (Lipinski definition) is 2. The number of hydrogen-bond donors (Lipinski definition) is 2. The van der Waals surface area contributed by atoms with Crippen LogP contribution in [0.1, 0.15) is 15.9 Å². The van der Waals surface area contributed by atoms with Gasteiger partial charge in [-0.3, -0.25) is 9.69 Å². The Kier molecular flexibility index (Phi) is 4.35. The van der Waals surface area contributed by atoms with Crippen molar-refractivity contribution in [1.82, 2.24) is 5.32 Å². The molecule has 0 spiro atoms. The van der Waals surface area contributed by atoms with Gasteiger partial charge >= 0.3 is 12.2 Å². The van der Waals surface area contributed by atoms with Gasteiger partial charge in [0.15, 0.2) is 0 Å². The predicted octanol–water partition coefficient (Wildman–Crippen LogP) is 3.49. The number of halogens is 3. The Morgan fingerprint density at radius 2 is 1.84 bits per heavy atom. The van der Waals surface area contributed by atoms with E-state index in [0.29, 0.717) is 18.8 Å². The molecule has 3 amide bonds. The molecule has 1 heterocycles. The Hall–Kier alpha value is -3.03. The van der Waals surface area contributed by atoms with Gasteiger partial charge < -0.3 is 10.6 Å². The van der Waals surface area contributed by atoms with E-state index in [1.807, 2.05) is 0 Å². The zero-order valence-corrected chi connectivity index (χ0v) is 12.9. The van der Waals surface area contributed by atoms with E-state index in [1.165, 1.54) is 29.2 Å². The summed E-state index contributed by atoms with van der Waals surface area (Å²) >= 11 is 0. The molecular formula is C17H14F3N3O2. The maximum Gasteiger partial charge on any atom is 0.416 e. The standard InChI is InChI=1S/C17H14F3N3O2/c18-17(19,20)12-2-1-3-13(10-12)22-15(24)11-4-6-14(7-5-11)23-9-8-21-16(23)25/h1-7,10H,8-9H2,(H,21,25)(H,22,24). The molecule has 0 aliphatic carbocycles. The summed E-state index contributed by atoms with van der Waals surface area (Å²) in [6.45, 7) is 1.09. The molecule has 8 heteroatoms. The summed E-state index contributed by atoms with van der Waals surface area (Å²) in [4.78, 5) is 25.3. The predicted molar refractivity (Wildman–Crippen MR) is 86.6 cm³/mol. The molecule has 0 unspecified atom stereocenters. The van der Waals surface area contributed by atoms with Crippen LogP contribution in [0.4, 0.5) is 29.3 Å². The van der Waals surface area contributed by atoms with Gasteiger partial charge in [0.1, 0.15) is 0 Å². The molecule has 0 saturated carbocycles. The van der Waals surface area contributed by atoms with Crippen LogP contribution in [0, 0.1) is 0 Å². The van der Waals surface area contributed by atoms with Crippen molar-refractivity contribution in [2.75, 3.05) is 23.3 Å². The molecular weight excluding hydrogens is 335 g/mol. The summed E-state index contributed by atoms with van der Waals surface area (Å²) in [5.74, 6) is -0.531. The van der Waals surface area contributed by atoms with Crippen molar-refractivity contribution in [3.05, 3.63) is 59.7 Å². The van der Waals surface area contributed by atoms with Gasteiger partial charge in [0.2, 0.25) is 0 Å². The summed E-state index contributed by atoms with van der Waals surface area (Å²) in [5.41, 5.74) is 0.148. The van der Waals surface area contributed by atoms with Crippen molar-refractivity contribution < 1.29 is 22.8 Å². The van der Waals surface area contributed by atoms with Crippen LogP contribution in [-0.4, -0.2) is 25.0 Å². The van der Waals surface area contributed by atoms with Crippen molar-refractivity contribution >= 4 is 23.3 Å². The van der Waals surface area contributed by atoms with E-state index in [0.717, 1.165) is 12.1 Å². The number of anilines is 2. The average Bonchev–Trinajstić information content (AvgIpc) is 3.00. The number of carbonyl (C=O) groups excluding carboxylic acids is 2. The van der Waals surface area contributed by atoms with E-state index < -0.39 is 17.6 Å². The van der Waals surface area contributed by atoms with Crippen LogP contribution in [0.3, 0.4) is 0 Å². The minimum Gasteiger partial charge on any atom is -0.336 e. The Morgan fingerprint density at radius 1 is 1.12 bits per heavy atom. The molecule has 1 aliphatic rings. The lowest BCUT2D eigenvalue weighted by Gasteiger charge is -2.14. The lowest BCUT2D eigenvalue weighted by molar-refractivity contribution is -0.137. The molecule has 25 heavy (non-hydrogen) atoms. The van der Waals surface area contributed by atoms with Gasteiger partial charge in [-0.25, -0.2) is 4.79 Å². The molecule has 1 aliphatic heterocycles. The van der Waals surface area contributed by atoms with Crippen LogP contribution in [0.15, 0.2) is 48.5 Å². The monoisotopic (exact) mass is 349 g/mol. The van der Waals surface area contributed by atoms with Crippen molar-refractivity contribution in [2.24, 2.45) is 0 Å². The Labute approximate surface area is 141 Å². The van der Waals surface area contributed by atoms with Crippen molar-refractivity contribution in [1.29, 1.82) is 0 Å². The summed E-state index contributed by atoms with van der Waals surface area (Å²) in [7, 11) is 0. The van der Waals surface area contributed by atoms with Gasteiger partial charge in [0, 0.05) is 30.0 Å². The fourth-order valence-electron chi connectivity index (χ4n) is 2.49. The number of urea groups is 1. The molecule has 3 rings (SSSR count). The molecule has 2 aromatic rings. The topological polar surface area (TPSA) is 61.4 Å². The lowest BCUT2D eigenvalue weighted by Crippen LogP contribution is -2.27. The highest BCUT2D eigenvalue weighted by Crippen LogP contribution is 2.30. The third kappa shape index (κ3) is 3.73. The first-order valence-electron chi connectivity index (χ1n) is 7.48. The highest BCUT2D eigenvalue weighted by Gasteiger charge is 2.30. The summed E-state index contributed by atoms with van der Waals surface area (Å²) < 4.78 is 38.1. The normalized spacial score (nSPS) is 14.4. The van der Waals surface area contributed by atoms with Gasteiger partial charge in [-0.15, -0.1) is 0 Å². The number of rotatable bonds is 3. The van der Waals surface area contributed by atoms with Crippen LogP contribution in [0.2, 0.25) is 0 Å². The maximum atomic E-state index is 12.7.